The topological polar surface area (TPSA) is 37.3 Å². The summed E-state index contributed by atoms with van der Waals surface area (Å²) in [6, 6.07) is 0. The fraction of sp³-hybridized carbons (Fsp3) is 0.933. The summed E-state index contributed by atoms with van der Waals surface area (Å²) >= 11 is 6.00. The molecule has 0 aromatic carbocycles. The van der Waals surface area contributed by atoms with Crippen molar-refractivity contribution in [2.45, 2.75) is 70.8 Å². The molecule has 0 heterocycles. The van der Waals surface area contributed by atoms with Crippen molar-refractivity contribution in [3.8, 4) is 0 Å². The molecule has 5 atom stereocenters. The van der Waals surface area contributed by atoms with Crippen LogP contribution in [0.25, 0.3) is 0 Å². The Labute approximate surface area is 116 Å². The third-order valence-electron chi connectivity index (χ3n) is 4.29. The van der Waals surface area contributed by atoms with Crippen molar-refractivity contribution in [2.75, 3.05) is 0 Å². The molecular weight excluding hydrogens is 248 g/mol. The Morgan fingerprint density at radius 2 is 2.06 bits per heavy atom. The van der Waals surface area contributed by atoms with E-state index in [9.17, 15) is 9.90 Å². The molecule has 0 bridgehead atoms. The van der Waals surface area contributed by atoms with Gasteiger partial charge in [-0.05, 0) is 38.0 Å². The van der Waals surface area contributed by atoms with E-state index in [0.717, 1.165) is 25.7 Å². The molecule has 2 unspecified atom stereocenters. The zero-order valence-electron chi connectivity index (χ0n) is 11.9. The summed E-state index contributed by atoms with van der Waals surface area (Å²) in [7, 11) is 0. The Morgan fingerprint density at radius 1 is 1.39 bits per heavy atom. The van der Waals surface area contributed by atoms with Crippen LogP contribution in [0.2, 0.25) is 0 Å². The first-order valence-corrected chi connectivity index (χ1v) is 7.75. The van der Waals surface area contributed by atoms with Gasteiger partial charge in [0.2, 0.25) is 0 Å². The summed E-state index contributed by atoms with van der Waals surface area (Å²) in [5.41, 5.74) is 0. The van der Waals surface area contributed by atoms with Gasteiger partial charge in [0.05, 0.1) is 6.10 Å². The maximum absolute atomic E-state index is 12.1. The highest BCUT2D eigenvalue weighted by atomic mass is 35.5. The second-order valence-corrected chi connectivity index (χ2v) is 6.63. The number of alkyl halides is 1. The minimum absolute atomic E-state index is 0.0245. The normalized spacial score (nSPS) is 32.3. The number of halogens is 1. The number of hydrogen-bond donors (Lipinski definition) is 1. The molecule has 2 nitrogen and oxygen atoms in total. The van der Waals surface area contributed by atoms with Crippen molar-refractivity contribution in [3.63, 3.8) is 0 Å². The van der Waals surface area contributed by atoms with E-state index in [1.807, 2.05) is 6.92 Å². The quantitative estimate of drug-likeness (QED) is 0.749. The molecule has 0 spiro atoms. The number of hydrogen-bond acceptors (Lipinski definition) is 2. The summed E-state index contributed by atoms with van der Waals surface area (Å²) in [4.78, 5) is 12.1. The minimum atomic E-state index is -0.306. The SMILES string of the molecule is CCCC(C)[C@@H]1C(CC[C@H](C)Cl)C(=O)CC[C@@H]1O. The van der Waals surface area contributed by atoms with Crippen molar-refractivity contribution in [1.82, 2.24) is 0 Å². The van der Waals surface area contributed by atoms with Crippen LogP contribution in [0.15, 0.2) is 0 Å². The average molecular weight is 275 g/mol. The Hall–Kier alpha value is -0.0800. The van der Waals surface area contributed by atoms with E-state index in [1.165, 1.54) is 0 Å². The number of carbonyl (C=O) groups is 1. The van der Waals surface area contributed by atoms with Crippen molar-refractivity contribution < 1.29 is 9.90 Å². The first-order valence-electron chi connectivity index (χ1n) is 7.32. The van der Waals surface area contributed by atoms with E-state index in [4.69, 9.17) is 11.6 Å². The summed E-state index contributed by atoms with van der Waals surface area (Å²) in [5, 5.41) is 10.3. The van der Waals surface area contributed by atoms with Gasteiger partial charge in [-0.15, -0.1) is 11.6 Å². The van der Waals surface area contributed by atoms with E-state index in [-0.39, 0.29) is 23.3 Å². The van der Waals surface area contributed by atoms with Gasteiger partial charge in [0.1, 0.15) is 5.78 Å². The Bertz CT molecular complexity index is 265. The van der Waals surface area contributed by atoms with Crippen LogP contribution in [0, 0.1) is 17.8 Å². The molecular formula is C15H27ClO2. The van der Waals surface area contributed by atoms with E-state index in [1.54, 1.807) is 0 Å². The fourth-order valence-electron chi connectivity index (χ4n) is 3.34. The lowest BCUT2D eigenvalue weighted by Crippen LogP contribution is -2.42. The van der Waals surface area contributed by atoms with Crippen LogP contribution in [0.3, 0.4) is 0 Å². The second kappa shape index (κ2) is 7.49. The van der Waals surface area contributed by atoms with Gasteiger partial charge in [-0.1, -0.05) is 26.7 Å². The van der Waals surface area contributed by atoms with E-state index >= 15 is 0 Å². The number of aliphatic hydroxyl groups is 1. The predicted octanol–water partition coefficient (Wildman–Crippen LogP) is 3.79. The van der Waals surface area contributed by atoms with Gasteiger partial charge in [0, 0.05) is 17.7 Å². The number of rotatable bonds is 6. The molecule has 1 aliphatic rings. The molecule has 1 N–H and O–H groups in total. The second-order valence-electron chi connectivity index (χ2n) is 5.88. The number of carbonyl (C=O) groups excluding carboxylic acids is 1. The first kappa shape index (κ1) is 16.0. The smallest absolute Gasteiger partial charge is 0.136 e. The Morgan fingerprint density at radius 3 is 2.61 bits per heavy atom. The summed E-state index contributed by atoms with van der Waals surface area (Å²) in [6.07, 6.45) is 4.76. The zero-order valence-corrected chi connectivity index (χ0v) is 12.6. The Balaban J connectivity index is 2.73. The lowest BCUT2D eigenvalue weighted by molar-refractivity contribution is -0.133. The van der Waals surface area contributed by atoms with Crippen LogP contribution in [-0.2, 0) is 4.79 Å². The molecule has 106 valence electrons. The molecule has 3 heteroatoms. The molecule has 1 aliphatic carbocycles. The highest BCUT2D eigenvalue weighted by Crippen LogP contribution is 2.38. The standard InChI is InChI=1S/C15H27ClO2/c1-4-5-10(2)15-12(7-6-11(3)16)13(17)8-9-14(15)18/h10-12,14-15,18H,4-9H2,1-3H3/t10?,11-,12?,14-,15+/m0/s1. The van der Waals surface area contributed by atoms with Gasteiger partial charge in [-0.3, -0.25) is 4.79 Å². The van der Waals surface area contributed by atoms with Gasteiger partial charge in [0.15, 0.2) is 0 Å². The fourth-order valence-corrected chi connectivity index (χ4v) is 3.46. The van der Waals surface area contributed by atoms with E-state index in [2.05, 4.69) is 13.8 Å². The summed E-state index contributed by atoms with van der Waals surface area (Å²) in [5.74, 6) is 0.925. The molecule has 0 saturated heterocycles. The zero-order chi connectivity index (χ0) is 13.7. The molecule has 18 heavy (non-hydrogen) atoms. The van der Waals surface area contributed by atoms with Crippen LogP contribution in [0.1, 0.15) is 59.3 Å². The van der Waals surface area contributed by atoms with E-state index in [0.29, 0.717) is 24.5 Å². The van der Waals surface area contributed by atoms with Crippen molar-refractivity contribution in [1.29, 1.82) is 0 Å². The van der Waals surface area contributed by atoms with Crippen LogP contribution in [0.4, 0.5) is 0 Å². The van der Waals surface area contributed by atoms with Crippen molar-refractivity contribution >= 4 is 17.4 Å². The lowest BCUT2D eigenvalue weighted by Gasteiger charge is -2.38. The predicted molar refractivity (Wildman–Crippen MR) is 75.8 cm³/mol. The van der Waals surface area contributed by atoms with Gasteiger partial charge in [-0.2, -0.15) is 0 Å². The monoisotopic (exact) mass is 274 g/mol. The first-order chi connectivity index (χ1) is 8.47. The maximum Gasteiger partial charge on any atom is 0.136 e. The number of ketones is 1. The van der Waals surface area contributed by atoms with E-state index < -0.39 is 0 Å². The van der Waals surface area contributed by atoms with Crippen molar-refractivity contribution in [2.24, 2.45) is 17.8 Å². The number of aliphatic hydroxyl groups excluding tert-OH is 1. The van der Waals surface area contributed by atoms with Crippen LogP contribution < -0.4 is 0 Å². The molecule has 0 aromatic heterocycles. The average Bonchev–Trinajstić information content (AvgIpc) is 2.30. The largest absolute Gasteiger partial charge is 0.393 e. The molecule has 1 rings (SSSR count). The van der Waals surface area contributed by atoms with Crippen LogP contribution in [0.5, 0.6) is 0 Å². The molecule has 1 fully saturated rings. The molecule has 0 aliphatic heterocycles. The van der Waals surface area contributed by atoms with Gasteiger partial charge in [0.25, 0.3) is 0 Å². The van der Waals surface area contributed by atoms with Crippen LogP contribution in [-0.4, -0.2) is 22.4 Å². The number of Topliss-reactive ketones (excluding diaryl/α,β-unsaturated/α-hetero) is 1. The Kier molecular flexibility index (Phi) is 6.65. The van der Waals surface area contributed by atoms with Gasteiger partial charge in [-0.25, -0.2) is 0 Å². The third kappa shape index (κ3) is 4.24. The molecule has 1 saturated carbocycles. The van der Waals surface area contributed by atoms with Gasteiger partial charge >= 0.3 is 0 Å². The van der Waals surface area contributed by atoms with Gasteiger partial charge < -0.3 is 5.11 Å². The minimum Gasteiger partial charge on any atom is -0.393 e. The van der Waals surface area contributed by atoms with Crippen LogP contribution >= 0.6 is 11.6 Å². The lowest BCUT2D eigenvalue weighted by atomic mass is 9.68. The molecule has 0 amide bonds. The highest BCUT2D eigenvalue weighted by Gasteiger charge is 2.39. The molecule has 0 radical (unpaired) electrons. The molecule has 0 aromatic rings. The van der Waals surface area contributed by atoms with Crippen molar-refractivity contribution in [3.05, 3.63) is 0 Å². The highest BCUT2D eigenvalue weighted by molar-refractivity contribution is 6.20. The third-order valence-corrected chi connectivity index (χ3v) is 4.50. The summed E-state index contributed by atoms with van der Waals surface area (Å²) in [6.45, 7) is 6.30. The summed E-state index contributed by atoms with van der Waals surface area (Å²) < 4.78 is 0. The maximum atomic E-state index is 12.1.